The maximum atomic E-state index is 13.7. The summed E-state index contributed by atoms with van der Waals surface area (Å²) < 4.78 is 1.92. The molecule has 0 bridgehead atoms. The van der Waals surface area contributed by atoms with Gasteiger partial charge in [-0.05, 0) is 36.8 Å². The Morgan fingerprint density at radius 3 is 2.00 bits per heavy atom. The Kier molecular flexibility index (Phi) is 8.08. The smallest absolute Gasteiger partial charge is 0.322 e. The topological polar surface area (TPSA) is 102 Å². The molecule has 4 amide bonds. The Hall–Kier alpha value is -4.74. The summed E-state index contributed by atoms with van der Waals surface area (Å²) in [5.74, 6) is 0.0873. The van der Waals surface area contributed by atoms with E-state index in [2.05, 4.69) is 34.6 Å². The van der Waals surface area contributed by atoms with Crippen LogP contribution in [0.5, 0.6) is 0 Å². The van der Waals surface area contributed by atoms with Gasteiger partial charge in [0.05, 0.1) is 18.3 Å². The summed E-state index contributed by atoms with van der Waals surface area (Å²) in [5.41, 5.74) is 4.24. The van der Waals surface area contributed by atoms with Gasteiger partial charge in [-0.25, -0.2) is 23.9 Å². The summed E-state index contributed by atoms with van der Waals surface area (Å²) in [7, 11) is 0. The summed E-state index contributed by atoms with van der Waals surface area (Å²) >= 11 is 0. The van der Waals surface area contributed by atoms with Gasteiger partial charge >= 0.3 is 12.1 Å². The molecule has 5 heterocycles. The molecule has 4 aromatic rings. The van der Waals surface area contributed by atoms with Gasteiger partial charge in [0, 0.05) is 42.9 Å². The molecule has 0 aliphatic carbocycles. The summed E-state index contributed by atoms with van der Waals surface area (Å²) in [6.07, 6.45) is 8.60. The number of urea groups is 2. The molecule has 11 nitrogen and oxygen atoms in total. The molecule has 0 spiro atoms. The van der Waals surface area contributed by atoms with Crippen LogP contribution in [-0.4, -0.2) is 66.6 Å². The molecule has 4 fully saturated rings. The molecule has 0 saturated carbocycles. The third-order valence-corrected chi connectivity index (χ3v) is 9.91. The second-order valence-electron chi connectivity index (χ2n) is 12.9. The summed E-state index contributed by atoms with van der Waals surface area (Å²) in [4.78, 5) is 42.8. The molecule has 5 unspecified atom stereocenters. The minimum Gasteiger partial charge on any atom is -0.322 e. The Morgan fingerprint density at radius 1 is 0.681 bits per heavy atom. The fraction of sp³-hybridized carbons (Fsp3) is 0.389. The average molecular weight is 634 g/mol. The van der Waals surface area contributed by atoms with Crippen molar-refractivity contribution in [1.82, 2.24) is 34.9 Å². The van der Waals surface area contributed by atoms with E-state index in [0.29, 0.717) is 19.6 Å². The Labute approximate surface area is 274 Å². The molecule has 0 radical (unpaired) electrons. The highest BCUT2D eigenvalue weighted by Crippen LogP contribution is 2.42. The third-order valence-electron chi connectivity index (χ3n) is 9.91. The average Bonchev–Trinajstić information content (AvgIpc) is 4.04. The number of hydrogen-bond acceptors (Lipinski definition) is 6. The highest BCUT2D eigenvalue weighted by atomic mass is 16.8. The molecule has 1 aromatic heterocycles. The largest absolute Gasteiger partial charge is 0.347 e. The number of amides is 4. The van der Waals surface area contributed by atoms with Gasteiger partial charge in [-0.2, -0.15) is 10.1 Å². The van der Waals surface area contributed by atoms with Crippen molar-refractivity contribution in [1.29, 1.82) is 0 Å². The van der Waals surface area contributed by atoms with E-state index in [1.165, 1.54) is 10.1 Å². The van der Waals surface area contributed by atoms with Crippen LogP contribution in [0.25, 0.3) is 0 Å². The Morgan fingerprint density at radius 2 is 1.34 bits per heavy atom. The van der Waals surface area contributed by atoms with Gasteiger partial charge in [-0.1, -0.05) is 103 Å². The van der Waals surface area contributed by atoms with E-state index in [0.717, 1.165) is 60.8 Å². The van der Waals surface area contributed by atoms with Crippen LogP contribution in [0, 0.1) is 0 Å². The van der Waals surface area contributed by atoms with Crippen molar-refractivity contribution in [3.05, 3.63) is 120 Å². The predicted molar refractivity (Wildman–Crippen MR) is 172 cm³/mol. The van der Waals surface area contributed by atoms with Gasteiger partial charge in [-0.15, -0.1) is 5.10 Å². The number of benzene rings is 3. The zero-order valence-corrected chi connectivity index (χ0v) is 26.3. The third kappa shape index (κ3) is 6.20. The van der Waals surface area contributed by atoms with Crippen molar-refractivity contribution in [3.63, 3.8) is 0 Å². The van der Waals surface area contributed by atoms with Gasteiger partial charge in [-0.3, -0.25) is 0 Å². The number of hydroxylamine groups is 4. The van der Waals surface area contributed by atoms with E-state index in [1.807, 2.05) is 81.3 Å². The molecule has 3 aromatic carbocycles. The lowest BCUT2D eigenvalue weighted by atomic mass is 9.90. The zero-order chi connectivity index (χ0) is 31.7. The van der Waals surface area contributed by atoms with Crippen LogP contribution in [0.2, 0.25) is 0 Å². The molecule has 242 valence electrons. The molecule has 4 saturated heterocycles. The fourth-order valence-electron chi connectivity index (χ4n) is 7.27. The normalized spacial score (nSPS) is 26.0. The summed E-state index contributed by atoms with van der Waals surface area (Å²) in [6, 6.07) is 28.3. The number of rotatable bonds is 5. The molecular weight excluding hydrogens is 594 g/mol. The maximum Gasteiger partial charge on any atom is 0.347 e. The number of nitrogens with zero attached hydrogens (tertiary/aromatic N) is 7. The quantitative estimate of drug-likeness (QED) is 0.226. The second kappa shape index (κ2) is 12.8. The highest BCUT2D eigenvalue weighted by Gasteiger charge is 2.47. The van der Waals surface area contributed by atoms with Gasteiger partial charge in [0.15, 0.2) is 0 Å². The SMILES string of the molecule is O=C(N1CCC(n2ccnn2)CC(c2ccc(C3CCCCCN3C(=O)N3OC3c3ccccc3)cc2)C1)N1OC1c1ccccc1. The zero-order valence-electron chi connectivity index (χ0n) is 26.3. The fourth-order valence-corrected chi connectivity index (χ4v) is 7.27. The van der Waals surface area contributed by atoms with E-state index in [1.54, 1.807) is 6.20 Å². The number of carbonyl (C=O) groups excluding carboxylic acids is 2. The first-order valence-electron chi connectivity index (χ1n) is 16.7. The van der Waals surface area contributed by atoms with Crippen molar-refractivity contribution in [3.8, 4) is 0 Å². The van der Waals surface area contributed by atoms with Crippen LogP contribution >= 0.6 is 0 Å². The van der Waals surface area contributed by atoms with Crippen molar-refractivity contribution in [2.45, 2.75) is 69.0 Å². The first-order chi connectivity index (χ1) is 23.1. The molecule has 5 atom stereocenters. The monoisotopic (exact) mass is 633 g/mol. The minimum absolute atomic E-state index is 0.0236. The molecule has 4 aliphatic rings. The van der Waals surface area contributed by atoms with Crippen LogP contribution in [0.1, 0.15) is 91.2 Å². The molecule has 0 N–H and O–H groups in total. The summed E-state index contributed by atoms with van der Waals surface area (Å²) in [5, 5.41) is 11.3. The number of likely N-dealkylation sites (tertiary alicyclic amines) is 2. The van der Waals surface area contributed by atoms with Crippen LogP contribution in [-0.2, 0) is 9.68 Å². The van der Waals surface area contributed by atoms with Crippen molar-refractivity contribution >= 4 is 12.1 Å². The first-order valence-corrected chi connectivity index (χ1v) is 16.7. The predicted octanol–water partition coefficient (Wildman–Crippen LogP) is 6.75. The van der Waals surface area contributed by atoms with E-state index in [-0.39, 0.29) is 42.5 Å². The second-order valence-corrected chi connectivity index (χ2v) is 12.9. The lowest BCUT2D eigenvalue weighted by molar-refractivity contribution is 0.121. The standard InChI is InChI=1S/C36H39N7O4/c44-35(42-33(46-42)28-10-4-1-5-11-28)39-22-19-31(41-23-20-37-38-41)24-30(25-39)26-15-17-27(18-16-26)32-14-8-3-9-21-40(32)36(45)43-34(47-43)29-12-6-2-7-13-29/h1-2,4-7,10-13,15-18,20,23,30-34H,3,8-9,14,19,21-22,24-25H2. The number of hydrogen-bond donors (Lipinski definition) is 0. The minimum atomic E-state index is -0.346. The van der Waals surface area contributed by atoms with Crippen molar-refractivity contribution in [2.75, 3.05) is 19.6 Å². The molecule has 4 aliphatic heterocycles. The van der Waals surface area contributed by atoms with Crippen LogP contribution < -0.4 is 0 Å². The Balaban J connectivity index is 1.00. The lowest BCUT2D eigenvalue weighted by Gasteiger charge is -2.30. The van der Waals surface area contributed by atoms with E-state index in [9.17, 15) is 9.59 Å². The molecular formula is C36H39N7O4. The van der Waals surface area contributed by atoms with Gasteiger partial charge in [0.1, 0.15) is 0 Å². The van der Waals surface area contributed by atoms with E-state index in [4.69, 9.17) is 9.68 Å². The number of aromatic nitrogens is 3. The van der Waals surface area contributed by atoms with Crippen LogP contribution in [0.15, 0.2) is 97.3 Å². The van der Waals surface area contributed by atoms with E-state index >= 15 is 0 Å². The van der Waals surface area contributed by atoms with Crippen LogP contribution in [0.4, 0.5) is 9.59 Å². The molecule has 11 heteroatoms. The van der Waals surface area contributed by atoms with Gasteiger partial charge < -0.3 is 9.80 Å². The van der Waals surface area contributed by atoms with Crippen molar-refractivity contribution < 1.29 is 19.3 Å². The lowest BCUT2D eigenvalue weighted by Crippen LogP contribution is -2.38. The maximum absolute atomic E-state index is 13.7. The first kappa shape index (κ1) is 29.6. The highest BCUT2D eigenvalue weighted by molar-refractivity contribution is 5.76. The summed E-state index contributed by atoms with van der Waals surface area (Å²) in [6.45, 7) is 1.88. The molecule has 47 heavy (non-hydrogen) atoms. The van der Waals surface area contributed by atoms with Crippen LogP contribution in [0.3, 0.4) is 0 Å². The molecule has 8 rings (SSSR count). The van der Waals surface area contributed by atoms with E-state index < -0.39 is 0 Å². The van der Waals surface area contributed by atoms with Crippen molar-refractivity contribution in [2.24, 2.45) is 0 Å². The Bertz CT molecular complexity index is 1670. The van der Waals surface area contributed by atoms with Gasteiger partial charge in [0.25, 0.3) is 0 Å². The van der Waals surface area contributed by atoms with Gasteiger partial charge in [0.2, 0.25) is 12.5 Å². The number of carbonyl (C=O) groups is 2.